The van der Waals surface area contributed by atoms with Crippen molar-refractivity contribution in [1.29, 1.82) is 0 Å². The molecule has 0 spiro atoms. The summed E-state index contributed by atoms with van der Waals surface area (Å²) in [6, 6.07) is 10.3. The van der Waals surface area contributed by atoms with Gasteiger partial charge in [0.1, 0.15) is 5.75 Å². The lowest BCUT2D eigenvalue weighted by Gasteiger charge is -2.35. The lowest BCUT2D eigenvalue weighted by molar-refractivity contribution is -0.132. The molecule has 0 saturated carbocycles. The molecule has 110 valence electrons. The van der Waals surface area contributed by atoms with Gasteiger partial charge in [-0.2, -0.15) is 0 Å². The Morgan fingerprint density at radius 2 is 2.29 bits per heavy atom. The first-order valence-corrected chi connectivity index (χ1v) is 8.05. The monoisotopic (exact) mass is 301 g/mol. The van der Waals surface area contributed by atoms with Crippen molar-refractivity contribution in [3.8, 4) is 5.75 Å². The third-order valence-electron chi connectivity index (χ3n) is 4.12. The summed E-state index contributed by atoms with van der Waals surface area (Å²) in [7, 11) is 1.69. The predicted molar refractivity (Wildman–Crippen MR) is 84.8 cm³/mol. The molecular weight excluding hydrogens is 282 g/mol. The van der Waals surface area contributed by atoms with Gasteiger partial charge in [-0.25, -0.2) is 0 Å². The van der Waals surface area contributed by atoms with Gasteiger partial charge in [0, 0.05) is 11.4 Å². The maximum absolute atomic E-state index is 12.5. The molecule has 0 radical (unpaired) electrons. The van der Waals surface area contributed by atoms with Crippen LogP contribution in [-0.2, 0) is 17.6 Å². The van der Waals surface area contributed by atoms with Crippen molar-refractivity contribution >= 4 is 17.2 Å². The Labute approximate surface area is 129 Å². The van der Waals surface area contributed by atoms with E-state index in [1.54, 1.807) is 18.4 Å². The molecule has 3 rings (SSSR count). The van der Waals surface area contributed by atoms with Gasteiger partial charge in [-0.05, 0) is 48.1 Å². The van der Waals surface area contributed by atoms with Gasteiger partial charge in [0.2, 0.25) is 5.91 Å². The van der Waals surface area contributed by atoms with E-state index in [0.717, 1.165) is 23.6 Å². The highest BCUT2D eigenvalue weighted by atomic mass is 32.1. The van der Waals surface area contributed by atoms with E-state index < -0.39 is 0 Å². The summed E-state index contributed by atoms with van der Waals surface area (Å²) < 4.78 is 5.28. The highest BCUT2D eigenvalue weighted by Gasteiger charge is 2.27. The summed E-state index contributed by atoms with van der Waals surface area (Å²) in [6.07, 6.45) is 1.40. The standard InChI is InChI=1S/C17H19NO2S/c1-12-16-6-5-14(20-2)10-13(16)7-8-18(12)17(19)11-15-4-3-9-21-15/h3-6,9-10,12H,7-8,11H2,1-2H3. The zero-order valence-corrected chi connectivity index (χ0v) is 13.2. The second-order valence-electron chi connectivity index (χ2n) is 5.33. The number of rotatable bonds is 3. The first-order chi connectivity index (χ1) is 10.2. The number of amides is 1. The van der Waals surface area contributed by atoms with Crippen molar-refractivity contribution < 1.29 is 9.53 Å². The molecule has 1 amide bonds. The van der Waals surface area contributed by atoms with E-state index in [9.17, 15) is 4.79 Å². The second-order valence-corrected chi connectivity index (χ2v) is 6.37. The van der Waals surface area contributed by atoms with Crippen LogP contribution >= 0.6 is 11.3 Å². The lowest BCUT2D eigenvalue weighted by atomic mass is 9.93. The van der Waals surface area contributed by atoms with Crippen LogP contribution in [0.4, 0.5) is 0 Å². The molecule has 3 nitrogen and oxygen atoms in total. The number of hydrogen-bond acceptors (Lipinski definition) is 3. The minimum atomic E-state index is 0.132. The Morgan fingerprint density at radius 1 is 1.43 bits per heavy atom. The van der Waals surface area contributed by atoms with Crippen molar-refractivity contribution in [1.82, 2.24) is 4.90 Å². The molecule has 0 N–H and O–H groups in total. The first kappa shape index (κ1) is 14.1. The Kier molecular flexibility index (Phi) is 3.97. The summed E-state index contributed by atoms with van der Waals surface area (Å²) in [4.78, 5) is 15.6. The van der Waals surface area contributed by atoms with Crippen LogP contribution in [0.25, 0.3) is 0 Å². The second kappa shape index (κ2) is 5.90. The van der Waals surface area contributed by atoms with Crippen LogP contribution in [0.5, 0.6) is 5.75 Å². The lowest BCUT2D eigenvalue weighted by Crippen LogP contribution is -2.39. The highest BCUT2D eigenvalue weighted by molar-refractivity contribution is 7.10. The maximum atomic E-state index is 12.5. The molecule has 1 aromatic carbocycles. The number of nitrogens with zero attached hydrogens (tertiary/aromatic N) is 1. The summed E-state index contributed by atoms with van der Waals surface area (Å²) >= 11 is 1.64. The van der Waals surface area contributed by atoms with E-state index in [-0.39, 0.29) is 11.9 Å². The van der Waals surface area contributed by atoms with E-state index >= 15 is 0 Å². The van der Waals surface area contributed by atoms with Crippen molar-refractivity contribution in [3.05, 3.63) is 51.7 Å². The van der Waals surface area contributed by atoms with Crippen LogP contribution in [-0.4, -0.2) is 24.5 Å². The molecule has 1 unspecified atom stereocenters. The highest BCUT2D eigenvalue weighted by Crippen LogP contribution is 2.32. The van der Waals surface area contributed by atoms with Crippen LogP contribution < -0.4 is 4.74 Å². The van der Waals surface area contributed by atoms with Crippen molar-refractivity contribution in [3.63, 3.8) is 0 Å². The van der Waals surface area contributed by atoms with E-state index in [2.05, 4.69) is 19.1 Å². The number of carbonyl (C=O) groups excluding carboxylic acids is 1. The van der Waals surface area contributed by atoms with Gasteiger partial charge in [0.15, 0.2) is 0 Å². The fraction of sp³-hybridized carbons (Fsp3) is 0.353. The molecule has 0 saturated heterocycles. The summed E-state index contributed by atoms with van der Waals surface area (Å²) in [5.74, 6) is 1.10. The molecule has 1 aliphatic rings. The number of hydrogen-bond donors (Lipinski definition) is 0. The van der Waals surface area contributed by atoms with Gasteiger partial charge >= 0.3 is 0 Å². The zero-order valence-electron chi connectivity index (χ0n) is 12.3. The number of benzene rings is 1. The van der Waals surface area contributed by atoms with Gasteiger partial charge in [-0.3, -0.25) is 4.79 Å². The molecular formula is C17H19NO2S. The Morgan fingerprint density at radius 3 is 3.00 bits per heavy atom. The van der Waals surface area contributed by atoms with E-state index in [1.165, 1.54) is 11.1 Å². The van der Waals surface area contributed by atoms with Crippen molar-refractivity contribution in [2.24, 2.45) is 0 Å². The minimum absolute atomic E-state index is 0.132. The van der Waals surface area contributed by atoms with Crippen LogP contribution in [0.2, 0.25) is 0 Å². The number of ether oxygens (including phenoxy) is 1. The molecule has 21 heavy (non-hydrogen) atoms. The van der Waals surface area contributed by atoms with Crippen LogP contribution in [0.1, 0.15) is 29.0 Å². The van der Waals surface area contributed by atoms with Gasteiger partial charge in [-0.15, -0.1) is 11.3 Å². The average molecular weight is 301 g/mol. The number of thiophene rings is 1. The number of fused-ring (bicyclic) bond motifs is 1. The first-order valence-electron chi connectivity index (χ1n) is 7.17. The number of carbonyl (C=O) groups is 1. The van der Waals surface area contributed by atoms with Gasteiger partial charge in [0.05, 0.1) is 19.6 Å². The van der Waals surface area contributed by atoms with Gasteiger partial charge in [0.25, 0.3) is 0 Å². The normalized spacial score (nSPS) is 17.4. The van der Waals surface area contributed by atoms with E-state index in [1.807, 2.05) is 28.5 Å². The average Bonchev–Trinajstić information content (AvgIpc) is 3.00. The summed E-state index contributed by atoms with van der Waals surface area (Å²) in [5.41, 5.74) is 2.53. The van der Waals surface area contributed by atoms with Crippen molar-refractivity contribution in [2.75, 3.05) is 13.7 Å². The molecule has 1 aliphatic heterocycles. The summed E-state index contributed by atoms with van der Waals surface area (Å²) in [6.45, 7) is 2.89. The molecule has 2 aromatic rings. The molecule has 0 bridgehead atoms. The zero-order chi connectivity index (χ0) is 14.8. The molecule has 0 aliphatic carbocycles. The van der Waals surface area contributed by atoms with E-state index in [0.29, 0.717) is 6.42 Å². The van der Waals surface area contributed by atoms with Gasteiger partial charge < -0.3 is 9.64 Å². The Balaban J connectivity index is 1.78. The largest absolute Gasteiger partial charge is 0.497 e. The maximum Gasteiger partial charge on any atom is 0.228 e. The molecule has 2 heterocycles. The van der Waals surface area contributed by atoms with Crippen LogP contribution in [0, 0.1) is 0 Å². The predicted octanol–water partition coefficient (Wildman–Crippen LogP) is 3.45. The third kappa shape index (κ3) is 2.81. The fourth-order valence-electron chi connectivity index (χ4n) is 2.94. The molecule has 1 aromatic heterocycles. The Hall–Kier alpha value is -1.81. The Bertz CT molecular complexity index is 636. The summed E-state index contributed by atoms with van der Waals surface area (Å²) in [5, 5.41) is 2.02. The topological polar surface area (TPSA) is 29.5 Å². The number of methoxy groups -OCH3 is 1. The molecule has 1 atom stereocenters. The van der Waals surface area contributed by atoms with Gasteiger partial charge in [-0.1, -0.05) is 12.1 Å². The third-order valence-corrected chi connectivity index (χ3v) is 4.99. The van der Waals surface area contributed by atoms with E-state index in [4.69, 9.17) is 4.74 Å². The fourth-order valence-corrected chi connectivity index (χ4v) is 3.64. The smallest absolute Gasteiger partial charge is 0.228 e. The quantitative estimate of drug-likeness (QED) is 0.869. The van der Waals surface area contributed by atoms with Crippen LogP contribution in [0.3, 0.4) is 0 Å². The van der Waals surface area contributed by atoms with Crippen LogP contribution in [0.15, 0.2) is 35.7 Å². The molecule has 0 fully saturated rings. The minimum Gasteiger partial charge on any atom is -0.497 e. The van der Waals surface area contributed by atoms with Crippen molar-refractivity contribution in [2.45, 2.75) is 25.8 Å². The molecule has 4 heteroatoms. The SMILES string of the molecule is COc1ccc2c(c1)CCN(C(=O)Cc1cccs1)C2C.